The number of aromatic nitrogens is 4. The number of methoxy groups -OCH3 is 1. The second kappa shape index (κ2) is 9.56. The van der Waals surface area contributed by atoms with Crippen LogP contribution in [-0.4, -0.2) is 38.5 Å². The van der Waals surface area contributed by atoms with E-state index in [9.17, 15) is 4.79 Å². The predicted molar refractivity (Wildman–Crippen MR) is 109 cm³/mol. The summed E-state index contributed by atoms with van der Waals surface area (Å²) in [4.78, 5) is 16.3. The van der Waals surface area contributed by atoms with Gasteiger partial charge in [0.2, 0.25) is 5.91 Å². The second-order valence-corrected chi connectivity index (χ2v) is 7.54. The molecule has 2 aromatic heterocycles. The molecule has 0 aliphatic rings. The summed E-state index contributed by atoms with van der Waals surface area (Å²) in [6.07, 6.45) is 0. The van der Waals surface area contributed by atoms with Gasteiger partial charge < -0.3 is 19.4 Å². The minimum atomic E-state index is -0.126. The Balaban J connectivity index is 1.57. The molecule has 1 aromatic carbocycles. The Hall–Kier alpha value is -2.59. The molecule has 2 heterocycles. The topological polar surface area (TPSA) is 91.2 Å². The zero-order valence-electron chi connectivity index (χ0n) is 15.8. The lowest BCUT2D eigenvalue weighted by atomic mass is 10.3. The number of hydrogen-bond donors (Lipinski definition) is 1. The maximum absolute atomic E-state index is 12.1. The molecule has 0 saturated carbocycles. The highest BCUT2D eigenvalue weighted by atomic mass is 32.2. The molecule has 1 N–H and O–H groups in total. The van der Waals surface area contributed by atoms with Crippen LogP contribution < -0.4 is 14.8 Å². The van der Waals surface area contributed by atoms with E-state index in [4.69, 9.17) is 9.47 Å². The number of benzene rings is 1. The number of thioether (sulfide) groups is 1. The highest BCUT2D eigenvalue weighted by molar-refractivity contribution is 7.99. The van der Waals surface area contributed by atoms with Crippen molar-refractivity contribution < 1.29 is 14.3 Å². The van der Waals surface area contributed by atoms with Crippen molar-refractivity contribution in [3.63, 3.8) is 0 Å². The van der Waals surface area contributed by atoms with Crippen molar-refractivity contribution in [2.24, 2.45) is 0 Å². The van der Waals surface area contributed by atoms with Crippen LogP contribution in [-0.2, 0) is 17.9 Å². The Bertz CT molecular complexity index is 941. The molecular formula is C18H21N5O3S2. The molecule has 3 aromatic rings. The standard InChI is InChI=1S/C18H21N5O3S2/c1-4-23-15(9-26-14-7-5-6-13(8-14)25-3)21-22-18(23)28-11-16(24)20-17-19-12(2)10-27-17/h5-8,10H,4,9,11H2,1-3H3,(H,19,20,24). The fraction of sp³-hybridized carbons (Fsp3) is 0.333. The smallest absolute Gasteiger partial charge is 0.236 e. The highest BCUT2D eigenvalue weighted by Gasteiger charge is 2.14. The molecule has 0 bridgehead atoms. The van der Waals surface area contributed by atoms with E-state index in [1.807, 2.05) is 48.1 Å². The molecule has 0 atom stereocenters. The third-order valence-electron chi connectivity index (χ3n) is 3.72. The van der Waals surface area contributed by atoms with Gasteiger partial charge in [0.25, 0.3) is 0 Å². The fourth-order valence-electron chi connectivity index (χ4n) is 2.39. The summed E-state index contributed by atoms with van der Waals surface area (Å²) in [5.41, 5.74) is 0.888. The van der Waals surface area contributed by atoms with E-state index in [0.29, 0.717) is 28.4 Å². The van der Waals surface area contributed by atoms with Gasteiger partial charge in [-0.2, -0.15) is 0 Å². The first kappa shape index (κ1) is 20.2. The number of ether oxygens (including phenoxy) is 2. The molecule has 8 nitrogen and oxygen atoms in total. The molecule has 0 aliphatic heterocycles. The number of nitrogens with zero attached hydrogens (tertiary/aromatic N) is 4. The minimum absolute atomic E-state index is 0.126. The summed E-state index contributed by atoms with van der Waals surface area (Å²) >= 11 is 2.74. The quantitative estimate of drug-likeness (QED) is 0.532. The third-order valence-corrected chi connectivity index (χ3v) is 5.56. The van der Waals surface area contributed by atoms with E-state index in [-0.39, 0.29) is 18.3 Å². The largest absolute Gasteiger partial charge is 0.497 e. The Morgan fingerprint density at radius 2 is 2.14 bits per heavy atom. The van der Waals surface area contributed by atoms with Gasteiger partial charge >= 0.3 is 0 Å². The van der Waals surface area contributed by atoms with Crippen LogP contribution in [0.4, 0.5) is 5.13 Å². The van der Waals surface area contributed by atoms with Gasteiger partial charge in [0, 0.05) is 18.0 Å². The van der Waals surface area contributed by atoms with Crippen molar-refractivity contribution in [3.05, 3.63) is 41.2 Å². The zero-order chi connectivity index (χ0) is 19.9. The average molecular weight is 420 g/mol. The number of amides is 1. The van der Waals surface area contributed by atoms with Crippen LogP contribution in [0.2, 0.25) is 0 Å². The van der Waals surface area contributed by atoms with Gasteiger partial charge in [-0.1, -0.05) is 17.8 Å². The van der Waals surface area contributed by atoms with Crippen molar-refractivity contribution in [2.75, 3.05) is 18.2 Å². The molecule has 0 unspecified atom stereocenters. The van der Waals surface area contributed by atoms with Crippen molar-refractivity contribution in [1.82, 2.24) is 19.7 Å². The Kier molecular flexibility index (Phi) is 6.88. The van der Waals surface area contributed by atoms with Gasteiger partial charge in [0.15, 0.2) is 16.1 Å². The molecule has 0 fully saturated rings. The molecule has 148 valence electrons. The van der Waals surface area contributed by atoms with E-state index in [1.54, 1.807) is 7.11 Å². The molecular weight excluding hydrogens is 398 g/mol. The lowest BCUT2D eigenvalue weighted by molar-refractivity contribution is -0.113. The minimum Gasteiger partial charge on any atom is -0.497 e. The number of carbonyl (C=O) groups excluding carboxylic acids is 1. The van der Waals surface area contributed by atoms with Crippen LogP contribution >= 0.6 is 23.1 Å². The molecule has 10 heteroatoms. The Morgan fingerprint density at radius 1 is 1.32 bits per heavy atom. The van der Waals surface area contributed by atoms with Crippen LogP contribution in [0.25, 0.3) is 0 Å². The highest BCUT2D eigenvalue weighted by Crippen LogP contribution is 2.22. The first-order valence-corrected chi connectivity index (χ1v) is 10.5. The molecule has 0 spiro atoms. The maximum atomic E-state index is 12.1. The number of nitrogens with one attached hydrogen (secondary N) is 1. The van der Waals surface area contributed by atoms with Crippen molar-refractivity contribution in [3.8, 4) is 11.5 Å². The van der Waals surface area contributed by atoms with Crippen molar-refractivity contribution in [2.45, 2.75) is 32.2 Å². The van der Waals surface area contributed by atoms with Crippen LogP contribution in [0.1, 0.15) is 18.4 Å². The average Bonchev–Trinajstić information content (AvgIpc) is 3.30. The number of hydrogen-bond acceptors (Lipinski definition) is 8. The van der Waals surface area contributed by atoms with E-state index in [1.165, 1.54) is 23.1 Å². The number of carbonyl (C=O) groups is 1. The first-order valence-electron chi connectivity index (χ1n) is 8.62. The summed E-state index contributed by atoms with van der Waals surface area (Å²) in [7, 11) is 1.61. The normalized spacial score (nSPS) is 10.7. The van der Waals surface area contributed by atoms with Crippen LogP contribution in [0.5, 0.6) is 11.5 Å². The third kappa shape index (κ3) is 5.23. The van der Waals surface area contributed by atoms with E-state index >= 15 is 0 Å². The summed E-state index contributed by atoms with van der Waals surface area (Å²) in [6.45, 7) is 4.85. The van der Waals surface area contributed by atoms with Gasteiger partial charge in [-0.25, -0.2) is 4.98 Å². The monoisotopic (exact) mass is 419 g/mol. The Morgan fingerprint density at radius 3 is 2.86 bits per heavy atom. The van der Waals surface area contributed by atoms with Gasteiger partial charge in [-0.15, -0.1) is 21.5 Å². The van der Waals surface area contributed by atoms with Gasteiger partial charge in [0.05, 0.1) is 18.6 Å². The molecule has 0 aliphatic carbocycles. The van der Waals surface area contributed by atoms with E-state index < -0.39 is 0 Å². The fourth-order valence-corrected chi connectivity index (χ4v) is 3.91. The van der Waals surface area contributed by atoms with E-state index in [2.05, 4.69) is 20.5 Å². The summed E-state index contributed by atoms with van der Waals surface area (Å²) in [5, 5.41) is 14.4. The van der Waals surface area contributed by atoms with E-state index in [0.717, 1.165) is 11.4 Å². The Labute approximate surface area is 171 Å². The van der Waals surface area contributed by atoms with Gasteiger partial charge in [0.1, 0.15) is 18.1 Å². The summed E-state index contributed by atoms with van der Waals surface area (Å²) in [6, 6.07) is 7.39. The molecule has 3 rings (SSSR count). The maximum Gasteiger partial charge on any atom is 0.236 e. The van der Waals surface area contributed by atoms with Gasteiger partial charge in [-0.3, -0.25) is 4.79 Å². The zero-order valence-corrected chi connectivity index (χ0v) is 17.5. The number of anilines is 1. The van der Waals surface area contributed by atoms with Crippen LogP contribution in [0.3, 0.4) is 0 Å². The lowest BCUT2D eigenvalue weighted by Gasteiger charge is -2.09. The van der Waals surface area contributed by atoms with Crippen LogP contribution in [0.15, 0.2) is 34.8 Å². The van der Waals surface area contributed by atoms with Crippen molar-refractivity contribution >= 4 is 34.1 Å². The summed E-state index contributed by atoms with van der Waals surface area (Å²) < 4.78 is 12.9. The number of aryl methyl sites for hydroxylation is 1. The van der Waals surface area contributed by atoms with Crippen molar-refractivity contribution in [1.29, 1.82) is 0 Å². The molecule has 0 radical (unpaired) electrons. The lowest BCUT2D eigenvalue weighted by Crippen LogP contribution is -2.14. The molecule has 1 amide bonds. The summed E-state index contributed by atoms with van der Waals surface area (Å²) in [5.74, 6) is 2.22. The molecule has 0 saturated heterocycles. The van der Waals surface area contributed by atoms with Crippen LogP contribution in [0, 0.1) is 6.92 Å². The van der Waals surface area contributed by atoms with Gasteiger partial charge in [-0.05, 0) is 26.0 Å². The number of rotatable bonds is 9. The SMILES string of the molecule is CCn1c(COc2cccc(OC)c2)nnc1SCC(=O)Nc1nc(C)cs1. The first-order chi connectivity index (χ1) is 13.6. The number of thiazole rings is 1. The molecule has 28 heavy (non-hydrogen) atoms. The predicted octanol–water partition coefficient (Wildman–Crippen LogP) is 3.38. The second-order valence-electron chi connectivity index (χ2n) is 5.74.